The van der Waals surface area contributed by atoms with Gasteiger partial charge in [-0.2, -0.15) is 0 Å². The molecule has 4 aliphatic rings. The molecule has 3 atom stereocenters. The van der Waals surface area contributed by atoms with Gasteiger partial charge in [-0.15, -0.1) is 0 Å². The molecule has 0 spiro atoms. The van der Waals surface area contributed by atoms with Gasteiger partial charge in [0.1, 0.15) is 0 Å². The Hall–Kier alpha value is -2.51. The van der Waals surface area contributed by atoms with Gasteiger partial charge in [0.05, 0.1) is 0 Å². The Balaban J connectivity index is 1.55. The fourth-order valence-corrected chi connectivity index (χ4v) is 5.29. The SMILES string of the molecule is O=C(N[C@@H]1C2CN3CCN(C2)CC1(c1ccccc1)C3)c1ncc[nH]c1=O. The maximum atomic E-state index is 12.9. The monoisotopic (exact) mass is 365 g/mol. The van der Waals surface area contributed by atoms with Crippen molar-refractivity contribution in [2.75, 3.05) is 39.3 Å². The minimum Gasteiger partial charge on any atom is -0.346 e. The Labute approximate surface area is 157 Å². The molecule has 4 bridgehead atoms. The first-order chi connectivity index (χ1) is 13.2. The zero-order valence-corrected chi connectivity index (χ0v) is 15.1. The molecule has 2 unspecified atom stereocenters. The van der Waals surface area contributed by atoms with Crippen LogP contribution in [0.2, 0.25) is 0 Å². The van der Waals surface area contributed by atoms with E-state index in [1.807, 2.05) is 6.07 Å². The van der Waals surface area contributed by atoms with Gasteiger partial charge in [-0.05, 0) is 5.56 Å². The van der Waals surface area contributed by atoms with Crippen molar-refractivity contribution in [3.8, 4) is 0 Å². The Morgan fingerprint density at radius 2 is 1.85 bits per heavy atom. The van der Waals surface area contributed by atoms with Gasteiger partial charge in [0, 0.05) is 69.0 Å². The van der Waals surface area contributed by atoms with Crippen molar-refractivity contribution >= 4 is 5.91 Å². The number of aromatic amines is 1. The molecule has 4 fully saturated rings. The summed E-state index contributed by atoms with van der Waals surface area (Å²) in [5.74, 6) is -0.0461. The first kappa shape index (κ1) is 16.6. The molecule has 1 amide bonds. The van der Waals surface area contributed by atoms with Gasteiger partial charge >= 0.3 is 0 Å². The summed E-state index contributed by atoms with van der Waals surface area (Å²) in [5, 5.41) is 3.21. The molecule has 0 saturated carbocycles. The molecule has 27 heavy (non-hydrogen) atoms. The second kappa shape index (κ2) is 6.28. The summed E-state index contributed by atoms with van der Waals surface area (Å²) in [6.07, 6.45) is 2.89. The van der Waals surface area contributed by atoms with Crippen LogP contribution < -0.4 is 10.9 Å². The molecule has 0 radical (unpaired) electrons. The summed E-state index contributed by atoms with van der Waals surface area (Å²) < 4.78 is 0. The molecule has 140 valence electrons. The van der Waals surface area contributed by atoms with Crippen LogP contribution in [0, 0.1) is 5.92 Å². The van der Waals surface area contributed by atoms with Crippen LogP contribution in [0.4, 0.5) is 0 Å². The summed E-state index contributed by atoms with van der Waals surface area (Å²) in [7, 11) is 0. The number of H-pyrrole nitrogens is 1. The summed E-state index contributed by atoms with van der Waals surface area (Å²) in [5.41, 5.74) is 0.577. The smallest absolute Gasteiger partial charge is 0.279 e. The number of hydrogen-bond acceptors (Lipinski definition) is 5. The quantitative estimate of drug-likeness (QED) is 0.804. The first-order valence-corrected chi connectivity index (χ1v) is 9.50. The lowest BCUT2D eigenvalue weighted by Crippen LogP contribution is -2.70. The molecule has 2 aromatic rings. The van der Waals surface area contributed by atoms with Crippen LogP contribution in [-0.2, 0) is 5.41 Å². The van der Waals surface area contributed by atoms with Crippen molar-refractivity contribution in [2.24, 2.45) is 5.92 Å². The second-order valence-electron chi connectivity index (χ2n) is 7.97. The van der Waals surface area contributed by atoms with Gasteiger partial charge in [0.2, 0.25) is 0 Å². The number of hydrogen-bond donors (Lipinski definition) is 2. The second-order valence-corrected chi connectivity index (χ2v) is 7.97. The van der Waals surface area contributed by atoms with Crippen molar-refractivity contribution < 1.29 is 4.79 Å². The van der Waals surface area contributed by atoms with Crippen LogP contribution >= 0.6 is 0 Å². The molecule has 4 saturated heterocycles. The molecule has 0 aliphatic carbocycles. The van der Waals surface area contributed by atoms with Gasteiger partial charge in [-0.25, -0.2) is 4.98 Å². The number of aromatic nitrogens is 2. The fraction of sp³-hybridized carbons (Fsp3) is 0.450. The lowest BCUT2D eigenvalue weighted by Gasteiger charge is -2.55. The van der Waals surface area contributed by atoms with Crippen molar-refractivity contribution in [3.05, 3.63) is 64.3 Å². The highest BCUT2D eigenvalue weighted by Gasteiger charge is 2.55. The number of benzene rings is 1. The van der Waals surface area contributed by atoms with Crippen molar-refractivity contribution in [3.63, 3.8) is 0 Å². The Bertz CT molecular complexity index is 896. The van der Waals surface area contributed by atoms with Crippen LogP contribution in [0.3, 0.4) is 0 Å². The van der Waals surface area contributed by atoms with Gasteiger partial charge in [-0.3, -0.25) is 9.59 Å². The lowest BCUT2D eigenvalue weighted by atomic mass is 9.64. The highest BCUT2D eigenvalue weighted by atomic mass is 16.2. The Morgan fingerprint density at radius 1 is 1.15 bits per heavy atom. The third kappa shape index (κ3) is 2.69. The molecule has 7 heteroatoms. The maximum Gasteiger partial charge on any atom is 0.279 e. The van der Waals surface area contributed by atoms with E-state index in [0.717, 1.165) is 39.3 Å². The van der Waals surface area contributed by atoms with E-state index < -0.39 is 5.56 Å². The predicted octanol–water partition coefficient (Wildman–Crippen LogP) is 0.0673. The van der Waals surface area contributed by atoms with Gasteiger partial charge < -0.3 is 20.1 Å². The minimum absolute atomic E-state index is 0.0144. The number of fused-ring (bicyclic) bond motifs is 1. The van der Waals surface area contributed by atoms with E-state index in [1.54, 1.807) is 0 Å². The van der Waals surface area contributed by atoms with E-state index >= 15 is 0 Å². The van der Waals surface area contributed by atoms with E-state index in [4.69, 9.17) is 0 Å². The summed E-state index contributed by atoms with van der Waals surface area (Å²) in [6, 6.07) is 10.5. The van der Waals surface area contributed by atoms with E-state index in [9.17, 15) is 9.59 Å². The van der Waals surface area contributed by atoms with E-state index in [-0.39, 0.29) is 23.1 Å². The predicted molar refractivity (Wildman–Crippen MR) is 101 cm³/mol. The van der Waals surface area contributed by atoms with Crippen LogP contribution in [0.1, 0.15) is 16.1 Å². The molecule has 1 aromatic heterocycles. The molecular formula is C20H23N5O2. The first-order valence-electron chi connectivity index (χ1n) is 9.50. The third-order valence-electron chi connectivity index (χ3n) is 6.35. The number of carbonyl (C=O) groups excluding carboxylic acids is 1. The molecule has 6 rings (SSSR count). The largest absolute Gasteiger partial charge is 0.346 e. The standard InChI is InChI=1S/C20H23N5O2/c26-18-16(21-6-7-22-18)19(27)23-17-14-10-24-8-9-25(11-14)13-20(17,12-24)15-4-2-1-3-5-15/h1-7,14,17H,8-13H2,(H,22,26)(H,23,27)/t14?,17-,20?/m1/s1. The average molecular weight is 365 g/mol. The number of piperidine rings is 2. The number of rotatable bonds is 3. The van der Waals surface area contributed by atoms with E-state index in [1.165, 1.54) is 18.0 Å². The Kier molecular flexibility index (Phi) is 3.87. The molecule has 2 N–H and O–H groups in total. The summed E-state index contributed by atoms with van der Waals surface area (Å²) in [4.78, 5) is 36.5. The van der Waals surface area contributed by atoms with Gasteiger partial charge in [-0.1, -0.05) is 30.3 Å². The normalized spacial score (nSPS) is 34.2. The fourth-order valence-electron chi connectivity index (χ4n) is 5.29. The summed E-state index contributed by atoms with van der Waals surface area (Å²) in [6.45, 7) is 5.96. The molecule has 4 aliphatic heterocycles. The number of nitrogens with zero attached hydrogens (tertiary/aromatic N) is 3. The zero-order valence-electron chi connectivity index (χ0n) is 15.1. The molecule has 5 heterocycles. The van der Waals surface area contributed by atoms with Crippen LogP contribution in [-0.4, -0.2) is 71.0 Å². The lowest BCUT2D eigenvalue weighted by molar-refractivity contribution is 0.0179. The average Bonchev–Trinajstić information content (AvgIpc) is 2.94. The highest BCUT2D eigenvalue weighted by Crippen LogP contribution is 2.43. The third-order valence-corrected chi connectivity index (χ3v) is 6.35. The van der Waals surface area contributed by atoms with Crippen molar-refractivity contribution in [2.45, 2.75) is 11.5 Å². The highest BCUT2D eigenvalue weighted by molar-refractivity contribution is 5.92. The topological polar surface area (TPSA) is 81.3 Å². The maximum absolute atomic E-state index is 12.9. The van der Waals surface area contributed by atoms with Crippen molar-refractivity contribution in [1.82, 2.24) is 25.1 Å². The molecule has 7 nitrogen and oxygen atoms in total. The Morgan fingerprint density at radius 3 is 2.52 bits per heavy atom. The number of nitrogens with one attached hydrogen (secondary N) is 2. The summed E-state index contributed by atoms with van der Waals surface area (Å²) >= 11 is 0. The zero-order chi connectivity index (χ0) is 18.4. The van der Waals surface area contributed by atoms with Crippen molar-refractivity contribution in [1.29, 1.82) is 0 Å². The van der Waals surface area contributed by atoms with Crippen LogP contribution in [0.5, 0.6) is 0 Å². The van der Waals surface area contributed by atoms with Crippen LogP contribution in [0.25, 0.3) is 0 Å². The molecular weight excluding hydrogens is 342 g/mol. The van der Waals surface area contributed by atoms with Crippen LogP contribution in [0.15, 0.2) is 47.5 Å². The number of amides is 1. The van der Waals surface area contributed by atoms with E-state index in [0.29, 0.717) is 5.92 Å². The minimum atomic E-state index is -0.447. The van der Waals surface area contributed by atoms with Gasteiger partial charge in [0.15, 0.2) is 5.69 Å². The number of carbonyl (C=O) groups is 1. The van der Waals surface area contributed by atoms with E-state index in [2.05, 4.69) is 49.4 Å². The molecule has 1 aromatic carbocycles. The van der Waals surface area contributed by atoms with Gasteiger partial charge in [0.25, 0.3) is 11.5 Å².